The van der Waals surface area contributed by atoms with E-state index in [1.165, 1.54) is 0 Å². The van der Waals surface area contributed by atoms with E-state index in [-0.39, 0.29) is 19.6 Å². The summed E-state index contributed by atoms with van der Waals surface area (Å²) >= 11 is 0. The van der Waals surface area contributed by atoms with Gasteiger partial charge in [0.25, 0.3) is 0 Å². The van der Waals surface area contributed by atoms with Gasteiger partial charge in [0.1, 0.15) is 6.42 Å². The van der Waals surface area contributed by atoms with E-state index in [9.17, 15) is 9.59 Å². The highest BCUT2D eigenvalue weighted by Crippen LogP contribution is 1.89. The van der Waals surface area contributed by atoms with Gasteiger partial charge in [-0.2, -0.15) is 0 Å². The molecule has 0 aliphatic rings. The summed E-state index contributed by atoms with van der Waals surface area (Å²) in [7, 11) is 0. The SMILES string of the molecule is [13CH3]COC(=O)CC(=O)OC[13CH3]. The maximum absolute atomic E-state index is 10.6. The third-order valence-electron chi connectivity index (χ3n) is 0.899. The van der Waals surface area contributed by atoms with Gasteiger partial charge >= 0.3 is 11.9 Å². The fourth-order valence-corrected chi connectivity index (χ4v) is 0.542. The predicted molar refractivity (Wildman–Crippen MR) is 37.9 cm³/mol. The lowest BCUT2D eigenvalue weighted by atomic mass is 10.4. The Morgan fingerprint density at radius 3 is 1.64 bits per heavy atom. The first-order valence-corrected chi connectivity index (χ1v) is 3.52. The van der Waals surface area contributed by atoms with Crippen molar-refractivity contribution in [3.63, 3.8) is 0 Å². The van der Waals surface area contributed by atoms with Gasteiger partial charge in [0.2, 0.25) is 0 Å². The third-order valence-corrected chi connectivity index (χ3v) is 0.899. The Labute approximate surface area is 65.5 Å². The molecule has 0 bridgehead atoms. The van der Waals surface area contributed by atoms with Crippen molar-refractivity contribution >= 4 is 11.9 Å². The Morgan fingerprint density at radius 2 is 1.36 bits per heavy atom. The molecule has 0 fully saturated rings. The molecule has 0 unspecified atom stereocenters. The van der Waals surface area contributed by atoms with Gasteiger partial charge < -0.3 is 9.47 Å². The Balaban J connectivity index is 3.49. The molecule has 0 aromatic rings. The molecule has 64 valence electrons. The van der Waals surface area contributed by atoms with Crippen LogP contribution in [0.15, 0.2) is 0 Å². The molecule has 0 aliphatic heterocycles. The molecule has 0 aliphatic carbocycles. The highest BCUT2D eigenvalue weighted by Gasteiger charge is 2.09. The summed E-state index contributed by atoms with van der Waals surface area (Å²) in [6, 6.07) is 0. The van der Waals surface area contributed by atoms with Crippen molar-refractivity contribution in [1.29, 1.82) is 0 Å². The maximum atomic E-state index is 10.6. The van der Waals surface area contributed by atoms with Crippen LogP contribution in [0.1, 0.15) is 20.3 Å². The van der Waals surface area contributed by atoms with Crippen LogP contribution in [-0.2, 0) is 19.1 Å². The molecule has 0 saturated carbocycles. The fraction of sp³-hybridized carbons (Fsp3) is 0.714. The van der Waals surface area contributed by atoms with Crippen LogP contribution in [0, 0.1) is 0 Å². The maximum Gasteiger partial charge on any atom is 0.317 e. The molecular formula is C7H12O4. The molecule has 0 saturated heterocycles. The number of hydrogen-bond acceptors (Lipinski definition) is 4. The molecule has 0 radical (unpaired) electrons. The largest absolute Gasteiger partial charge is 0.466 e. The van der Waals surface area contributed by atoms with E-state index in [0.29, 0.717) is 0 Å². The summed E-state index contributed by atoms with van der Waals surface area (Å²) < 4.78 is 9.04. The number of carbonyl (C=O) groups excluding carboxylic acids is 2. The van der Waals surface area contributed by atoms with Crippen molar-refractivity contribution in [2.75, 3.05) is 13.2 Å². The first-order chi connectivity index (χ1) is 5.20. The minimum absolute atomic E-state index is 0.290. The first kappa shape index (κ1) is 9.94. The summed E-state index contributed by atoms with van der Waals surface area (Å²) in [5, 5.41) is 0. The predicted octanol–water partition coefficient (Wildman–Crippen LogP) is 0.503. The van der Waals surface area contributed by atoms with Gasteiger partial charge in [0, 0.05) is 0 Å². The molecule has 4 nitrogen and oxygen atoms in total. The number of hydrogen-bond donors (Lipinski definition) is 0. The van der Waals surface area contributed by atoms with E-state index in [2.05, 4.69) is 9.47 Å². The second kappa shape index (κ2) is 5.70. The Hall–Kier alpha value is -1.06. The van der Waals surface area contributed by atoms with Gasteiger partial charge in [-0.15, -0.1) is 0 Å². The molecule has 0 amide bonds. The molecule has 0 rings (SSSR count). The van der Waals surface area contributed by atoms with Crippen LogP contribution < -0.4 is 0 Å². The number of ether oxygens (including phenoxy) is 2. The molecule has 0 atom stereocenters. The minimum atomic E-state index is -0.536. The van der Waals surface area contributed by atoms with Crippen molar-refractivity contribution in [1.82, 2.24) is 0 Å². The Kier molecular flexibility index (Phi) is 5.15. The molecule has 4 heteroatoms. The highest BCUT2D eigenvalue weighted by molar-refractivity contribution is 5.91. The quantitative estimate of drug-likeness (QED) is 0.343. The second-order valence-corrected chi connectivity index (χ2v) is 1.79. The minimum Gasteiger partial charge on any atom is -0.466 e. The van der Waals surface area contributed by atoms with E-state index in [4.69, 9.17) is 0 Å². The van der Waals surface area contributed by atoms with Crippen LogP contribution >= 0.6 is 0 Å². The van der Waals surface area contributed by atoms with Crippen molar-refractivity contribution in [2.24, 2.45) is 0 Å². The Morgan fingerprint density at radius 1 is 1.00 bits per heavy atom. The number of rotatable bonds is 4. The molecule has 0 heterocycles. The molecule has 0 N–H and O–H groups in total. The van der Waals surface area contributed by atoms with Gasteiger partial charge in [-0.3, -0.25) is 9.59 Å². The number of carbonyl (C=O) groups is 2. The molecule has 0 aromatic carbocycles. The standard InChI is InChI=1S/C7H12O4/c1-3-10-6(8)5-7(9)11-4-2/h3-5H2,1-2H3/i1+1,2+1. The van der Waals surface area contributed by atoms with E-state index < -0.39 is 11.9 Å². The van der Waals surface area contributed by atoms with Crippen LogP contribution in [0.5, 0.6) is 0 Å². The second-order valence-electron chi connectivity index (χ2n) is 1.79. The van der Waals surface area contributed by atoms with Crippen molar-refractivity contribution in [2.45, 2.75) is 20.3 Å². The Bertz CT molecular complexity index is 125. The topological polar surface area (TPSA) is 52.6 Å². The zero-order valence-electron chi connectivity index (χ0n) is 6.75. The lowest BCUT2D eigenvalue weighted by Gasteiger charge is -2.00. The van der Waals surface area contributed by atoms with Gasteiger partial charge in [-0.05, 0) is 13.8 Å². The summed E-state index contributed by atoms with van der Waals surface area (Å²) in [5.41, 5.74) is 0. The van der Waals surface area contributed by atoms with E-state index in [0.717, 1.165) is 0 Å². The van der Waals surface area contributed by atoms with E-state index >= 15 is 0 Å². The normalized spacial score (nSPS) is 8.91. The fourth-order valence-electron chi connectivity index (χ4n) is 0.542. The average molecular weight is 162 g/mol. The summed E-state index contributed by atoms with van der Waals surface area (Å²) in [5.74, 6) is -1.07. The van der Waals surface area contributed by atoms with Crippen LogP contribution in [-0.4, -0.2) is 25.2 Å². The molecule has 0 spiro atoms. The van der Waals surface area contributed by atoms with E-state index in [1.54, 1.807) is 13.8 Å². The van der Waals surface area contributed by atoms with Crippen molar-refractivity contribution in [3.8, 4) is 0 Å². The first-order valence-electron chi connectivity index (χ1n) is 3.52. The molecule has 0 aromatic heterocycles. The van der Waals surface area contributed by atoms with Crippen molar-refractivity contribution < 1.29 is 19.1 Å². The average Bonchev–Trinajstić information content (AvgIpc) is 1.87. The smallest absolute Gasteiger partial charge is 0.317 e. The van der Waals surface area contributed by atoms with Crippen LogP contribution in [0.25, 0.3) is 0 Å². The van der Waals surface area contributed by atoms with Gasteiger partial charge in [-0.25, -0.2) is 0 Å². The van der Waals surface area contributed by atoms with Crippen LogP contribution in [0.3, 0.4) is 0 Å². The molecule has 11 heavy (non-hydrogen) atoms. The summed E-state index contributed by atoms with van der Waals surface area (Å²) in [6.07, 6.45) is -0.290. The van der Waals surface area contributed by atoms with Crippen LogP contribution in [0.4, 0.5) is 0 Å². The monoisotopic (exact) mass is 162 g/mol. The molecular weight excluding hydrogens is 150 g/mol. The third kappa shape index (κ3) is 5.39. The van der Waals surface area contributed by atoms with Gasteiger partial charge in [0.05, 0.1) is 13.2 Å². The zero-order valence-corrected chi connectivity index (χ0v) is 6.75. The van der Waals surface area contributed by atoms with Gasteiger partial charge in [0.15, 0.2) is 0 Å². The van der Waals surface area contributed by atoms with E-state index in [1.807, 2.05) is 0 Å². The summed E-state index contributed by atoms with van der Waals surface area (Å²) in [4.78, 5) is 21.2. The number of esters is 2. The van der Waals surface area contributed by atoms with Crippen LogP contribution in [0.2, 0.25) is 0 Å². The highest BCUT2D eigenvalue weighted by atomic mass is 16.6. The lowest BCUT2D eigenvalue weighted by Crippen LogP contribution is -2.13. The summed E-state index contributed by atoms with van der Waals surface area (Å²) in [6.45, 7) is 3.95. The zero-order chi connectivity index (χ0) is 8.69. The van der Waals surface area contributed by atoms with Gasteiger partial charge in [-0.1, -0.05) is 0 Å². The van der Waals surface area contributed by atoms with Crippen molar-refractivity contribution in [3.05, 3.63) is 0 Å². The lowest BCUT2D eigenvalue weighted by molar-refractivity contribution is -0.153.